The molecule has 0 bridgehead atoms. The Bertz CT molecular complexity index is 1190. The average Bonchev–Trinajstić information content (AvgIpc) is 3.27. The van der Waals surface area contributed by atoms with Gasteiger partial charge in [-0.3, -0.25) is 14.4 Å². The van der Waals surface area contributed by atoms with Gasteiger partial charge in [-0.25, -0.2) is 4.39 Å². The summed E-state index contributed by atoms with van der Waals surface area (Å²) in [6.45, 7) is 9.65. The smallest absolute Gasteiger partial charge is 0.229 e. The molecule has 35 heavy (non-hydrogen) atoms. The van der Waals surface area contributed by atoms with Crippen LogP contribution < -0.4 is 5.32 Å². The summed E-state index contributed by atoms with van der Waals surface area (Å²) in [7, 11) is 0. The van der Waals surface area contributed by atoms with Crippen molar-refractivity contribution in [2.45, 2.75) is 39.8 Å². The molecule has 0 saturated carbocycles. The van der Waals surface area contributed by atoms with E-state index in [0.717, 1.165) is 73.3 Å². The van der Waals surface area contributed by atoms with E-state index in [2.05, 4.69) is 50.3 Å². The highest BCUT2D eigenvalue weighted by molar-refractivity contribution is 5.94. The van der Waals surface area contributed by atoms with Crippen molar-refractivity contribution in [1.29, 1.82) is 0 Å². The Morgan fingerprint density at radius 3 is 2.89 bits per heavy atom. The number of anilines is 1. The van der Waals surface area contributed by atoms with Crippen LogP contribution in [0.5, 0.6) is 0 Å². The van der Waals surface area contributed by atoms with Crippen LogP contribution in [0.4, 0.5) is 10.2 Å². The molecule has 3 aromatic rings. The predicted octanol–water partition coefficient (Wildman–Crippen LogP) is 3.58. The number of hydrogen-bond donors (Lipinski definition) is 1. The lowest BCUT2D eigenvalue weighted by molar-refractivity contribution is -0.121. The van der Waals surface area contributed by atoms with Gasteiger partial charge in [0.25, 0.3) is 0 Å². The molecule has 2 aliphatic rings. The molecule has 2 aromatic heterocycles. The molecule has 1 fully saturated rings. The van der Waals surface area contributed by atoms with Crippen molar-refractivity contribution in [3.8, 4) is 11.1 Å². The van der Waals surface area contributed by atoms with E-state index in [1.54, 1.807) is 0 Å². The number of nitrogens with one attached hydrogen (secondary N) is 1. The van der Waals surface area contributed by atoms with Crippen molar-refractivity contribution in [2.24, 2.45) is 11.8 Å². The molecule has 8 nitrogen and oxygen atoms in total. The number of amides is 1. The quantitative estimate of drug-likeness (QED) is 0.558. The molecule has 1 N–H and O–H groups in total. The maximum atomic E-state index is 13.0. The first-order chi connectivity index (χ1) is 17.0. The number of carbonyl (C=O) groups excluding carboxylic acids is 1. The van der Waals surface area contributed by atoms with Crippen molar-refractivity contribution in [3.05, 3.63) is 36.2 Å². The van der Waals surface area contributed by atoms with Gasteiger partial charge in [0.05, 0.1) is 29.9 Å². The van der Waals surface area contributed by atoms with Crippen LogP contribution in [0.25, 0.3) is 22.0 Å². The number of carbonyl (C=O) groups is 1. The van der Waals surface area contributed by atoms with Crippen LogP contribution in [0.3, 0.4) is 0 Å². The molecule has 5 rings (SSSR count). The molecule has 0 radical (unpaired) electrons. The van der Waals surface area contributed by atoms with E-state index < -0.39 is 0 Å². The molecular formula is C26H34FN7O. The summed E-state index contributed by atoms with van der Waals surface area (Å²) in [6.07, 6.45) is 3.83. The standard InChI is InChI=1S/C26H34FN7O/c1-18(2)15-33-8-3-4-20(16-33)26(35)29-25-13-21-12-19(5-6-23(21)30-31-25)22-14-28-34-11-10-32(9-7-27)17-24(22)34/h5-6,12-14,18,20H,3-4,7-11,15-17H2,1-2H3,(H,29,31,35). The normalized spacial score (nSPS) is 19.3. The summed E-state index contributed by atoms with van der Waals surface area (Å²) in [5.74, 6) is 1.05. The summed E-state index contributed by atoms with van der Waals surface area (Å²) in [4.78, 5) is 17.5. The molecule has 186 valence electrons. The number of alkyl halides is 1. The first kappa shape index (κ1) is 23.8. The minimum absolute atomic E-state index is 0.0157. The second kappa shape index (κ2) is 10.4. The number of benzene rings is 1. The highest BCUT2D eigenvalue weighted by atomic mass is 19.1. The Morgan fingerprint density at radius 2 is 2.06 bits per heavy atom. The Labute approximate surface area is 205 Å². The maximum absolute atomic E-state index is 13.0. The number of rotatable bonds is 7. The highest BCUT2D eigenvalue weighted by Gasteiger charge is 2.26. The number of aromatic nitrogens is 4. The summed E-state index contributed by atoms with van der Waals surface area (Å²) < 4.78 is 14.9. The van der Waals surface area contributed by atoms with E-state index in [1.165, 1.54) is 0 Å². The van der Waals surface area contributed by atoms with Crippen molar-refractivity contribution < 1.29 is 9.18 Å². The summed E-state index contributed by atoms with van der Waals surface area (Å²) in [6, 6.07) is 7.92. The summed E-state index contributed by atoms with van der Waals surface area (Å²) in [5, 5.41) is 17.0. The van der Waals surface area contributed by atoms with E-state index in [0.29, 0.717) is 24.8 Å². The predicted molar refractivity (Wildman–Crippen MR) is 135 cm³/mol. The second-order valence-corrected chi connectivity index (χ2v) is 10.2. The summed E-state index contributed by atoms with van der Waals surface area (Å²) in [5.41, 5.74) is 3.95. The van der Waals surface area contributed by atoms with Gasteiger partial charge in [-0.15, -0.1) is 10.2 Å². The third-order valence-electron chi connectivity index (χ3n) is 7.00. The zero-order valence-electron chi connectivity index (χ0n) is 20.6. The molecule has 4 heterocycles. The number of hydrogen-bond acceptors (Lipinski definition) is 6. The largest absolute Gasteiger partial charge is 0.309 e. The van der Waals surface area contributed by atoms with Crippen molar-refractivity contribution in [3.63, 3.8) is 0 Å². The zero-order valence-corrected chi connectivity index (χ0v) is 20.6. The van der Waals surface area contributed by atoms with Gasteiger partial charge in [0.2, 0.25) is 5.91 Å². The molecule has 1 aromatic carbocycles. The Balaban J connectivity index is 1.33. The topological polar surface area (TPSA) is 79.2 Å². The first-order valence-corrected chi connectivity index (χ1v) is 12.6. The van der Waals surface area contributed by atoms with Gasteiger partial charge < -0.3 is 10.2 Å². The van der Waals surface area contributed by atoms with Crippen LogP contribution in [0.15, 0.2) is 30.5 Å². The van der Waals surface area contributed by atoms with Gasteiger partial charge in [-0.05, 0) is 49.1 Å². The SMILES string of the molecule is CC(C)CN1CCCC(C(=O)Nc2cc3cc(-c4cnn5c4CN(CCF)CC5)ccc3nn2)C1. The van der Waals surface area contributed by atoms with Gasteiger partial charge in [0.15, 0.2) is 5.82 Å². The van der Waals surface area contributed by atoms with Gasteiger partial charge >= 0.3 is 0 Å². The van der Waals surface area contributed by atoms with Crippen LogP contribution in [0, 0.1) is 11.8 Å². The number of halogens is 1. The molecule has 0 aliphatic carbocycles. The van der Waals surface area contributed by atoms with E-state index in [4.69, 9.17) is 0 Å². The molecule has 1 atom stereocenters. The fourth-order valence-electron chi connectivity index (χ4n) is 5.30. The van der Waals surface area contributed by atoms with Crippen LogP contribution in [-0.4, -0.2) is 75.1 Å². The number of likely N-dealkylation sites (tertiary alicyclic amines) is 1. The third kappa shape index (κ3) is 5.36. The minimum Gasteiger partial charge on any atom is -0.309 e. The molecule has 1 saturated heterocycles. The van der Waals surface area contributed by atoms with Crippen molar-refractivity contribution >= 4 is 22.6 Å². The van der Waals surface area contributed by atoms with Crippen LogP contribution in [0.1, 0.15) is 32.4 Å². The molecule has 1 amide bonds. The lowest BCUT2D eigenvalue weighted by Crippen LogP contribution is -2.42. The van der Waals surface area contributed by atoms with Crippen molar-refractivity contribution in [2.75, 3.05) is 44.7 Å². The maximum Gasteiger partial charge on any atom is 0.229 e. The minimum atomic E-state index is -0.344. The molecule has 1 unspecified atom stereocenters. The molecule has 9 heteroatoms. The lowest BCUT2D eigenvalue weighted by Gasteiger charge is -2.32. The average molecular weight is 480 g/mol. The Morgan fingerprint density at radius 1 is 1.17 bits per heavy atom. The zero-order chi connectivity index (χ0) is 24.4. The van der Waals surface area contributed by atoms with E-state index in [-0.39, 0.29) is 18.5 Å². The lowest BCUT2D eigenvalue weighted by atomic mass is 9.96. The van der Waals surface area contributed by atoms with Gasteiger partial charge in [-0.2, -0.15) is 5.10 Å². The first-order valence-electron chi connectivity index (χ1n) is 12.6. The Kier molecular flexibility index (Phi) is 7.06. The van der Waals surface area contributed by atoms with E-state index >= 15 is 0 Å². The Hall–Kier alpha value is -2.91. The third-order valence-corrected chi connectivity index (χ3v) is 7.00. The van der Waals surface area contributed by atoms with Gasteiger partial charge in [-0.1, -0.05) is 19.9 Å². The fourth-order valence-corrected chi connectivity index (χ4v) is 5.30. The van der Waals surface area contributed by atoms with Gasteiger partial charge in [0.1, 0.15) is 6.67 Å². The molecular weight excluding hydrogens is 445 g/mol. The van der Waals surface area contributed by atoms with Crippen LogP contribution >= 0.6 is 0 Å². The monoisotopic (exact) mass is 479 g/mol. The summed E-state index contributed by atoms with van der Waals surface area (Å²) >= 11 is 0. The fraction of sp³-hybridized carbons (Fsp3) is 0.538. The van der Waals surface area contributed by atoms with Crippen LogP contribution in [0.2, 0.25) is 0 Å². The van der Waals surface area contributed by atoms with E-state index in [1.807, 2.05) is 29.1 Å². The molecule has 0 spiro atoms. The number of nitrogens with zero attached hydrogens (tertiary/aromatic N) is 6. The van der Waals surface area contributed by atoms with Crippen molar-refractivity contribution in [1.82, 2.24) is 29.8 Å². The molecule has 2 aliphatic heterocycles. The van der Waals surface area contributed by atoms with E-state index in [9.17, 15) is 9.18 Å². The van der Waals surface area contributed by atoms with Crippen LogP contribution in [-0.2, 0) is 17.9 Å². The van der Waals surface area contributed by atoms with Gasteiger partial charge in [0, 0.05) is 43.7 Å². The highest BCUT2D eigenvalue weighted by Crippen LogP contribution is 2.30. The number of piperidine rings is 1. The number of fused-ring (bicyclic) bond motifs is 2. The second-order valence-electron chi connectivity index (χ2n) is 10.2.